The highest BCUT2D eigenvalue weighted by Crippen LogP contribution is 2.19. The van der Waals surface area contributed by atoms with Crippen LogP contribution in [0.3, 0.4) is 0 Å². The summed E-state index contributed by atoms with van der Waals surface area (Å²) >= 11 is 0. The average Bonchev–Trinajstić information content (AvgIpc) is 2.83. The predicted octanol–water partition coefficient (Wildman–Crippen LogP) is 0.972. The Bertz CT molecular complexity index is 832. The van der Waals surface area contributed by atoms with Crippen LogP contribution in [0.2, 0.25) is 0 Å². The highest BCUT2D eigenvalue weighted by Gasteiger charge is 2.18. The zero-order valence-electron chi connectivity index (χ0n) is 21.5. The van der Waals surface area contributed by atoms with Gasteiger partial charge >= 0.3 is 0 Å². The first-order valence-electron chi connectivity index (χ1n) is 11.4. The zero-order valence-corrected chi connectivity index (χ0v) is 21.5. The fourth-order valence-corrected chi connectivity index (χ4v) is 3.11. The normalized spacial score (nSPS) is 10.8. The van der Waals surface area contributed by atoms with Crippen molar-refractivity contribution in [2.75, 3.05) is 97.2 Å². The van der Waals surface area contributed by atoms with Gasteiger partial charge in [-0.15, -0.1) is 0 Å². The number of aromatic nitrogens is 6. The van der Waals surface area contributed by atoms with E-state index in [0.717, 1.165) is 36.3 Å². The van der Waals surface area contributed by atoms with Crippen LogP contribution in [-0.2, 0) is 0 Å². The van der Waals surface area contributed by atoms with E-state index in [2.05, 4.69) is 29.9 Å². The molecule has 0 saturated heterocycles. The monoisotopic (exact) mass is 478 g/mol. The van der Waals surface area contributed by atoms with Gasteiger partial charge in [0.2, 0.25) is 23.8 Å². The van der Waals surface area contributed by atoms with E-state index in [0.29, 0.717) is 36.9 Å². The van der Waals surface area contributed by atoms with E-state index in [1.54, 1.807) is 0 Å². The van der Waals surface area contributed by atoms with Crippen molar-refractivity contribution in [1.82, 2.24) is 29.9 Å². The van der Waals surface area contributed by atoms with E-state index in [-0.39, 0.29) is 11.9 Å². The summed E-state index contributed by atoms with van der Waals surface area (Å²) < 4.78 is 0. The molecule has 0 unspecified atom stereocenters. The van der Waals surface area contributed by atoms with Gasteiger partial charge < -0.3 is 19.6 Å². The molecule has 14 nitrogen and oxygen atoms in total. The molecule has 0 radical (unpaired) electrons. The van der Waals surface area contributed by atoms with Crippen LogP contribution in [0.15, 0.2) is 0 Å². The molecule has 0 amide bonds. The molecule has 14 heteroatoms. The van der Waals surface area contributed by atoms with Crippen molar-refractivity contribution in [3.05, 3.63) is 0 Å². The molecule has 34 heavy (non-hydrogen) atoms. The summed E-state index contributed by atoms with van der Waals surface area (Å²) in [6, 6.07) is 0. The molecular weight excluding hydrogens is 440 g/mol. The van der Waals surface area contributed by atoms with E-state index in [9.17, 15) is 10.4 Å². The van der Waals surface area contributed by atoms with Gasteiger partial charge in [0, 0.05) is 67.5 Å². The van der Waals surface area contributed by atoms with Gasteiger partial charge in [0.1, 0.15) is 0 Å². The Morgan fingerprint density at radius 1 is 0.471 bits per heavy atom. The number of nitrogens with zero attached hydrogens (tertiary/aromatic N) is 12. The minimum absolute atomic E-state index is 0.170. The van der Waals surface area contributed by atoms with Crippen LogP contribution >= 0.6 is 0 Å². The van der Waals surface area contributed by atoms with Gasteiger partial charge in [-0.1, -0.05) is 0 Å². The molecule has 2 heterocycles. The third-order valence-electron chi connectivity index (χ3n) is 5.33. The molecule has 0 spiro atoms. The summed E-state index contributed by atoms with van der Waals surface area (Å²) in [6.45, 7) is 12.1. The van der Waals surface area contributed by atoms with Crippen LogP contribution in [0, 0.1) is 0 Å². The fourth-order valence-electron chi connectivity index (χ4n) is 3.11. The largest absolute Gasteiger partial charge is 0.342 e. The molecular formula is C20H38N12O2. The number of hydroxylamine groups is 2. The Morgan fingerprint density at radius 3 is 1.00 bits per heavy atom. The lowest BCUT2D eigenvalue weighted by Gasteiger charge is -2.26. The van der Waals surface area contributed by atoms with Crippen molar-refractivity contribution in [2.45, 2.75) is 27.7 Å². The maximum atomic E-state index is 9.92. The Balaban J connectivity index is 2.25. The third kappa shape index (κ3) is 6.63. The molecule has 0 aliphatic heterocycles. The van der Waals surface area contributed by atoms with E-state index >= 15 is 0 Å². The predicted molar refractivity (Wildman–Crippen MR) is 134 cm³/mol. The second-order valence-electron chi connectivity index (χ2n) is 7.71. The van der Waals surface area contributed by atoms with Gasteiger partial charge in [-0.25, -0.2) is 10.1 Å². The van der Waals surface area contributed by atoms with Crippen molar-refractivity contribution in [3.8, 4) is 0 Å². The molecule has 0 atom stereocenters. The fraction of sp³-hybridized carbons (Fsp3) is 0.700. The minimum Gasteiger partial charge on any atom is -0.342 e. The van der Waals surface area contributed by atoms with E-state index < -0.39 is 0 Å². The van der Waals surface area contributed by atoms with Crippen molar-refractivity contribution in [3.63, 3.8) is 0 Å². The van der Waals surface area contributed by atoms with Crippen molar-refractivity contribution >= 4 is 35.7 Å². The first-order chi connectivity index (χ1) is 16.1. The van der Waals surface area contributed by atoms with Crippen LogP contribution in [0.5, 0.6) is 0 Å². The number of hydrogen-bond acceptors (Lipinski definition) is 14. The standard InChI is InChI=1S/C20H38N12O2/c1-9-31(10-2)19-23-15(21-17(25-19)29(7)33)27(5)13-14-28(6)16-22-18(30(8)34)26-20(24-16)32(11-3)12-4/h33-34H,9-14H2,1-8H3. The Kier molecular flexibility index (Phi) is 9.74. The summed E-state index contributed by atoms with van der Waals surface area (Å²) in [5, 5.41) is 21.6. The molecule has 0 saturated carbocycles. The smallest absolute Gasteiger partial charge is 0.255 e. The Hall–Kier alpha value is -3.26. The summed E-state index contributed by atoms with van der Waals surface area (Å²) in [7, 11) is 6.70. The first-order valence-corrected chi connectivity index (χ1v) is 11.4. The van der Waals surface area contributed by atoms with Gasteiger partial charge in [-0.05, 0) is 27.7 Å². The van der Waals surface area contributed by atoms with E-state index in [1.165, 1.54) is 14.1 Å². The minimum atomic E-state index is 0.170. The molecule has 0 aromatic carbocycles. The number of hydrogen-bond donors (Lipinski definition) is 2. The summed E-state index contributed by atoms with van der Waals surface area (Å²) in [6.07, 6.45) is 0. The summed E-state index contributed by atoms with van der Waals surface area (Å²) in [5.41, 5.74) is 0. The van der Waals surface area contributed by atoms with Crippen LogP contribution < -0.4 is 29.7 Å². The third-order valence-corrected chi connectivity index (χ3v) is 5.33. The maximum Gasteiger partial charge on any atom is 0.255 e. The SMILES string of the molecule is CCN(CC)c1nc(N(C)O)nc(N(C)CCN(C)c2nc(N(C)O)nc(N(CC)CC)n2)n1. The molecule has 190 valence electrons. The average molecular weight is 479 g/mol. The topological polar surface area (TPSA) is 137 Å². The van der Waals surface area contributed by atoms with E-state index in [4.69, 9.17) is 0 Å². The van der Waals surface area contributed by atoms with Crippen LogP contribution in [-0.4, -0.2) is 108 Å². The Morgan fingerprint density at radius 2 is 0.735 bits per heavy atom. The van der Waals surface area contributed by atoms with Crippen molar-refractivity contribution in [1.29, 1.82) is 0 Å². The summed E-state index contributed by atoms with van der Waals surface area (Å²) in [5.74, 6) is 2.23. The van der Waals surface area contributed by atoms with E-state index in [1.807, 2.05) is 61.4 Å². The van der Waals surface area contributed by atoms with Crippen molar-refractivity contribution < 1.29 is 10.4 Å². The number of likely N-dealkylation sites (N-methyl/N-ethyl adjacent to an activating group) is 2. The zero-order chi connectivity index (χ0) is 25.4. The second-order valence-corrected chi connectivity index (χ2v) is 7.71. The molecule has 0 aliphatic rings. The number of rotatable bonds is 13. The quantitative estimate of drug-likeness (QED) is 0.395. The Labute approximate surface area is 201 Å². The lowest BCUT2D eigenvalue weighted by atomic mass is 10.5. The van der Waals surface area contributed by atoms with Gasteiger partial charge in [-0.2, -0.15) is 29.9 Å². The lowest BCUT2D eigenvalue weighted by molar-refractivity contribution is 0.272. The summed E-state index contributed by atoms with van der Waals surface area (Å²) in [4.78, 5) is 34.4. The number of anilines is 6. The van der Waals surface area contributed by atoms with Gasteiger partial charge in [0.05, 0.1) is 0 Å². The van der Waals surface area contributed by atoms with Gasteiger partial charge in [0.15, 0.2) is 0 Å². The van der Waals surface area contributed by atoms with Crippen LogP contribution in [0.1, 0.15) is 27.7 Å². The van der Waals surface area contributed by atoms with Crippen molar-refractivity contribution in [2.24, 2.45) is 0 Å². The lowest BCUT2D eigenvalue weighted by Crippen LogP contribution is -2.34. The molecule has 0 fully saturated rings. The van der Waals surface area contributed by atoms with Crippen LogP contribution in [0.4, 0.5) is 35.7 Å². The van der Waals surface area contributed by atoms with Gasteiger partial charge in [-0.3, -0.25) is 10.4 Å². The van der Waals surface area contributed by atoms with Crippen LogP contribution in [0.25, 0.3) is 0 Å². The molecule has 0 bridgehead atoms. The molecule has 2 rings (SSSR count). The molecule has 2 aromatic rings. The highest BCUT2D eigenvalue weighted by atomic mass is 16.5. The molecule has 0 aliphatic carbocycles. The first kappa shape index (κ1) is 27.0. The highest BCUT2D eigenvalue weighted by molar-refractivity contribution is 5.46. The second kappa shape index (κ2) is 12.3. The molecule has 2 aromatic heterocycles. The maximum absolute atomic E-state index is 9.92. The van der Waals surface area contributed by atoms with Gasteiger partial charge in [0.25, 0.3) is 11.9 Å². The molecule has 2 N–H and O–H groups in total.